The number of hydrogen-bond acceptors (Lipinski definition) is 6. The molecule has 2 bridgehead atoms. The summed E-state index contributed by atoms with van der Waals surface area (Å²) in [7, 11) is 0. The molecule has 0 aliphatic carbocycles. The maximum absolute atomic E-state index is 12.9. The lowest BCUT2D eigenvalue weighted by Crippen LogP contribution is -2.44. The van der Waals surface area contributed by atoms with E-state index in [1.807, 2.05) is 27.7 Å². The first-order valence-electron chi connectivity index (χ1n) is 10.4. The summed E-state index contributed by atoms with van der Waals surface area (Å²) in [6.07, 6.45) is 1.16. The van der Waals surface area contributed by atoms with Gasteiger partial charge in [-0.25, -0.2) is 0 Å². The van der Waals surface area contributed by atoms with Gasteiger partial charge in [-0.2, -0.15) is 0 Å². The topological polar surface area (TPSA) is 99.1 Å². The van der Waals surface area contributed by atoms with Crippen molar-refractivity contribution in [1.82, 2.24) is 0 Å². The van der Waals surface area contributed by atoms with E-state index in [1.165, 1.54) is 0 Å². The summed E-state index contributed by atoms with van der Waals surface area (Å²) < 4.78 is 16.3. The van der Waals surface area contributed by atoms with Gasteiger partial charge in [-0.15, -0.1) is 0 Å². The number of carboxylic acid groups (broad SMARTS) is 1. The van der Waals surface area contributed by atoms with Crippen LogP contribution in [0, 0.1) is 28.1 Å². The molecule has 2 saturated heterocycles. The van der Waals surface area contributed by atoms with Crippen LogP contribution in [0.3, 0.4) is 0 Å². The number of fused-ring (bicyclic) bond motifs is 2. The Labute approximate surface area is 173 Å². The van der Waals surface area contributed by atoms with E-state index >= 15 is 0 Å². The predicted octanol–water partition coefficient (Wildman–Crippen LogP) is 3.44. The highest BCUT2D eigenvalue weighted by atomic mass is 16.6. The van der Waals surface area contributed by atoms with E-state index in [-0.39, 0.29) is 30.0 Å². The second kappa shape index (κ2) is 8.25. The molecular weight excluding hydrogens is 376 g/mol. The van der Waals surface area contributed by atoms with E-state index in [9.17, 15) is 19.5 Å². The van der Waals surface area contributed by atoms with Crippen molar-refractivity contribution in [1.29, 1.82) is 0 Å². The van der Waals surface area contributed by atoms with E-state index in [4.69, 9.17) is 14.2 Å². The Hall–Kier alpha value is -1.63. The zero-order valence-corrected chi connectivity index (χ0v) is 18.7. The van der Waals surface area contributed by atoms with Crippen molar-refractivity contribution < 1.29 is 33.7 Å². The fourth-order valence-corrected chi connectivity index (χ4v) is 4.53. The fourth-order valence-electron chi connectivity index (χ4n) is 4.53. The number of aliphatic carboxylic acids is 1. The monoisotopic (exact) mass is 412 g/mol. The first-order chi connectivity index (χ1) is 13.2. The van der Waals surface area contributed by atoms with Gasteiger partial charge in [-0.3, -0.25) is 14.4 Å². The number of ether oxygens (including phenoxy) is 3. The molecule has 2 heterocycles. The van der Waals surface area contributed by atoms with Crippen LogP contribution in [-0.2, 0) is 28.6 Å². The molecule has 29 heavy (non-hydrogen) atoms. The van der Waals surface area contributed by atoms with Crippen molar-refractivity contribution in [3.05, 3.63) is 0 Å². The summed E-state index contributed by atoms with van der Waals surface area (Å²) >= 11 is 0. The zero-order valence-electron chi connectivity index (χ0n) is 18.7. The third-order valence-corrected chi connectivity index (χ3v) is 6.38. The molecule has 0 aromatic rings. The molecule has 1 N–H and O–H groups in total. The van der Waals surface area contributed by atoms with Crippen LogP contribution in [-0.4, -0.2) is 48.4 Å². The van der Waals surface area contributed by atoms with Crippen molar-refractivity contribution in [2.45, 2.75) is 79.9 Å². The smallest absolute Gasteiger partial charge is 0.312 e. The maximum atomic E-state index is 12.9. The van der Waals surface area contributed by atoms with Gasteiger partial charge in [0.15, 0.2) is 0 Å². The third-order valence-electron chi connectivity index (χ3n) is 6.38. The molecule has 166 valence electrons. The molecule has 5 atom stereocenters. The SMILES string of the molecule is CC(C)(C)CC(C)(C(=O)OCCOC(=O)C1C2CCC(O2)C1C(=O)O)C(C)(C)C. The quantitative estimate of drug-likeness (QED) is 0.505. The van der Waals surface area contributed by atoms with Gasteiger partial charge < -0.3 is 19.3 Å². The molecule has 0 saturated carbocycles. The van der Waals surface area contributed by atoms with Crippen LogP contribution in [0.15, 0.2) is 0 Å². The van der Waals surface area contributed by atoms with Gasteiger partial charge in [-0.1, -0.05) is 41.5 Å². The number of carboxylic acids is 1. The molecule has 0 amide bonds. The summed E-state index contributed by atoms with van der Waals surface area (Å²) in [5.74, 6) is -3.59. The second-order valence-corrected chi connectivity index (χ2v) is 10.8. The Morgan fingerprint density at radius 1 is 0.897 bits per heavy atom. The Kier molecular flexibility index (Phi) is 6.72. The van der Waals surface area contributed by atoms with E-state index in [1.54, 1.807) is 0 Å². The molecule has 0 radical (unpaired) electrons. The average Bonchev–Trinajstić information content (AvgIpc) is 3.16. The lowest BCUT2D eigenvalue weighted by atomic mass is 9.61. The molecule has 7 nitrogen and oxygen atoms in total. The molecule has 7 heteroatoms. The normalized spacial score (nSPS) is 28.7. The second-order valence-electron chi connectivity index (χ2n) is 10.8. The molecule has 0 spiro atoms. The lowest BCUT2D eigenvalue weighted by Gasteiger charge is -2.43. The van der Waals surface area contributed by atoms with Crippen LogP contribution < -0.4 is 0 Å². The summed E-state index contributed by atoms with van der Waals surface area (Å²) in [5.41, 5.74) is -1.05. The van der Waals surface area contributed by atoms with Crippen LogP contribution >= 0.6 is 0 Å². The van der Waals surface area contributed by atoms with Crippen LogP contribution in [0.1, 0.15) is 67.7 Å². The molecule has 0 aromatic carbocycles. The van der Waals surface area contributed by atoms with Crippen LogP contribution in [0.5, 0.6) is 0 Å². The zero-order chi connectivity index (χ0) is 22.2. The van der Waals surface area contributed by atoms with Gasteiger partial charge in [0.05, 0.1) is 29.5 Å². The number of carbonyl (C=O) groups is 3. The summed E-state index contributed by atoms with van der Waals surface area (Å²) in [6, 6.07) is 0. The van der Waals surface area contributed by atoms with Gasteiger partial charge in [-0.05, 0) is 37.0 Å². The predicted molar refractivity (Wildman–Crippen MR) is 106 cm³/mol. The first-order valence-corrected chi connectivity index (χ1v) is 10.4. The number of hydrogen-bond donors (Lipinski definition) is 1. The van der Waals surface area contributed by atoms with Gasteiger partial charge in [0.1, 0.15) is 13.2 Å². The van der Waals surface area contributed by atoms with Crippen LogP contribution in [0.4, 0.5) is 0 Å². The summed E-state index contributed by atoms with van der Waals surface area (Å²) in [5, 5.41) is 9.40. The maximum Gasteiger partial charge on any atom is 0.312 e. The molecule has 2 rings (SSSR count). The highest BCUT2D eigenvalue weighted by Gasteiger charge is 2.56. The lowest BCUT2D eigenvalue weighted by molar-refractivity contribution is -0.170. The molecule has 2 fully saturated rings. The minimum atomic E-state index is -1.03. The molecule has 2 aliphatic heterocycles. The van der Waals surface area contributed by atoms with Crippen LogP contribution in [0.25, 0.3) is 0 Å². The fraction of sp³-hybridized carbons (Fsp3) is 0.864. The van der Waals surface area contributed by atoms with Crippen molar-refractivity contribution in [3.8, 4) is 0 Å². The van der Waals surface area contributed by atoms with Crippen molar-refractivity contribution >= 4 is 17.9 Å². The van der Waals surface area contributed by atoms with Crippen molar-refractivity contribution in [2.24, 2.45) is 28.1 Å². The minimum absolute atomic E-state index is 0.0544. The molecule has 0 aromatic heterocycles. The van der Waals surface area contributed by atoms with Gasteiger partial charge >= 0.3 is 17.9 Å². The largest absolute Gasteiger partial charge is 0.481 e. The van der Waals surface area contributed by atoms with Gasteiger partial charge in [0.25, 0.3) is 0 Å². The molecular formula is C22H36O7. The molecule has 2 aliphatic rings. The van der Waals surface area contributed by atoms with E-state index in [0.717, 1.165) is 0 Å². The standard InChI is InChI=1S/C22H36O7/c1-20(2,3)12-22(7,21(4,5)6)19(26)28-11-10-27-18(25)16-14-9-8-13(29-14)15(16)17(23)24/h13-16H,8-12H2,1-7H3,(H,23,24). The minimum Gasteiger partial charge on any atom is -0.481 e. The third kappa shape index (κ3) is 5.11. The summed E-state index contributed by atoms with van der Waals surface area (Å²) in [4.78, 5) is 36.8. The Balaban J connectivity index is 1.89. The van der Waals surface area contributed by atoms with Gasteiger partial charge in [0, 0.05) is 0 Å². The van der Waals surface area contributed by atoms with Crippen molar-refractivity contribution in [3.63, 3.8) is 0 Å². The highest BCUT2D eigenvalue weighted by molar-refractivity contribution is 5.83. The Bertz CT molecular complexity index is 643. The molecule has 5 unspecified atom stereocenters. The number of carbonyl (C=O) groups excluding carboxylic acids is 2. The Morgan fingerprint density at radius 2 is 1.41 bits per heavy atom. The highest BCUT2D eigenvalue weighted by Crippen LogP contribution is 2.47. The van der Waals surface area contributed by atoms with E-state index < -0.39 is 41.4 Å². The van der Waals surface area contributed by atoms with E-state index in [0.29, 0.717) is 19.3 Å². The van der Waals surface area contributed by atoms with E-state index in [2.05, 4.69) is 20.8 Å². The van der Waals surface area contributed by atoms with Gasteiger partial charge in [0.2, 0.25) is 0 Å². The van der Waals surface area contributed by atoms with Crippen molar-refractivity contribution in [2.75, 3.05) is 13.2 Å². The first kappa shape index (κ1) is 23.6. The van der Waals surface area contributed by atoms with Crippen LogP contribution in [0.2, 0.25) is 0 Å². The number of esters is 2. The average molecular weight is 413 g/mol. The summed E-state index contributed by atoms with van der Waals surface area (Å²) in [6.45, 7) is 14.1. The Morgan fingerprint density at radius 3 is 1.90 bits per heavy atom. The number of rotatable bonds is 7.